The highest BCUT2D eigenvalue weighted by Crippen LogP contribution is 2.09. The van der Waals surface area contributed by atoms with Crippen LogP contribution in [0.25, 0.3) is 0 Å². The molecule has 0 radical (unpaired) electrons. The maximum Gasteiger partial charge on any atom is 0.242 e. The molecular weight excluding hydrogens is 382 g/mol. The lowest BCUT2D eigenvalue weighted by Crippen LogP contribution is -2.44. The summed E-state index contributed by atoms with van der Waals surface area (Å²) in [4.78, 5) is 29.4. The molecule has 7 nitrogen and oxygen atoms in total. The highest BCUT2D eigenvalue weighted by molar-refractivity contribution is 5.84. The summed E-state index contributed by atoms with van der Waals surface area (Å²) in [6, 6.07) is 3.97. The lowest BCUT2D eigenvalue weighted by atomic mass is 10.1. The Hall–Kier alpha value is -1.86. The molecule has 0 bridgehead atoms. The van der Waals surface area contributed by atoms with Crippen molar-refractivity contribution < 1.29 is 19.1 Å². The van der Waals surface area contributed by atoms with Crippen LogP contribution in [0, 0.1) is 0 Å². The topological polar surface area (TPSA) is 64.0 Å². The van der Waals surface area contributed by atoms with Crippen molar-refractivity contribution in [1.82, 2.24) is 14.4 Å². The standard InChI is InChI=1S/C23H41N3O4/c1-5-7-8-9-13-22(27)25(15-11-17-30-6-2)20-23(28)26(16-18-29-4)19-21-12-10-14-24(21)3/h10,12,14H,5-9,11,13,15-20H2,1-4H3. The molecule has 2 amide bonds. The predicted octanol–water partition coefficient (Wildman–Crippen LogP) is 3.23. The number of rotatable bonds is 17. The van der Waals surface area contributed by atoms with E-state index < -0.39 is 0 Å². The Labute approximate surface area is 182 Å². The molecule has 0 saturated carbocycles. The molecule has 0 spiro atoms. The summed E-state index contributed by atoms with van der Waals surface area (Å²) in [7, 11) is 3.60. The Bertz CT molecular complexity index is 603. The lowest BCUT2D eigenvalue weighted by molar-refractivity contribution is -0.141. The summed E-state index contributed by atoms with van der Waals surface area (Å²) in [5.74, 6) is 0.00748. The fourth-order valence-electron chi connectivity index (χ4n) is 3.27. The summed E-state index contributed by atoms with van der Waals surface area (Å²) >= 11 is 0. The van der Waals surface area contributed by atoms with Gasteiger partial charge in [-0.2, -0.15) is 0 Å². The van der Waals surface area contributed by atoms with Gasteiger partial charge in [0.1, 0.15) is 0 Å². The molecule has 1 heterocycles. The third-order valence-corrected chi connectivity index (χ3v) is 5.17. The number of aromatic nitrogens is 1. The first-order valence-electron chi connectivity index (χ1n) is 11.3. The maximum absolute atomic E-state index is 13.1. The lowest BCUT2D eigenvalue weighted by Gasteiger charge is -2.28. The molecule has 0 atom stereocenters. The van der Waals surface area contributed by atoms with E-state index >= 15 is 0 Å². The summed E-state index contributed by atoms with van der Waals surface area (Å²) in [5, 5.41) is 0. The Morgan fingerprint density at radius 3 is 2.43 bits per heavy atom. The molecule has 0 N–H and O–H groups in total. The van der Waals surface area contributed by atoms with Gasteiger partial charge >= 0.3 is 0 Å². The molecule has 0 aromatic carbocycles. The molecule has 30 heavy (non-hydrogen) atoms. The molecule has 0 aliphatic heterocycles. The zero-order valence-electron chi connectivity index (χ0n) is 19.4. The van der Waals surface area contributed by atoms with Crippen LogP contribution in [0.15, 0.2) is 18.3 Å². The Kier molecular flexibility index (Phi) is 13.9. The van der Waals surface area contributed by atoms with Crippen LogP contribution < -0.4 is 0 Å². The Morgan fingerprint density at radius 2 is 1.80 bits per heavy atom. The highest BCUT2D eigenvalue weighted by Gasteiger charge is 2.21. The number of unbranched alkanes of at least 4 members (excludes halogenated alkanes) is 3. The minimum absolute atomic E-state index is 0.0495. The van der Waals surface area contributed by atoms with Gasteiger partial charge in [0.25, 0.3) is 0 Å². The monoisotopic (exact) mass is 423 g/mol. The predicted molar refractivity (Wildman–Crippen MR) is 119 cm³/mol. The Morgan fingerprint density at radius 1 is 1.00 bits per heavy atom. The number of carbonyl (C=O) groups excluding carboxylic acids is 2. The number of hydrogen-bond donors (Lipinski definition) is 0. The van der Waals surface area contributed by atoms with Crippen molar-refractivity contribution >= 4 is 11.8 Å². The zero-order chi connectivity index (χ0) is 22.2. The van der Waals surface area contributed by atoms with Gasteiger partial charge in [-0.3, -0.25) is 9.59 Å². The van der Waals surface area contributed by atoms with Crippen molar-refractivity contribution in [3.05, 3.63) is 24.0 Å². The summed E-state index contributed by atoms with van der Waals surface area (Å²) in [6.45, 7) is 7.48. The van der Waals surface area contributed by atoms with Gasteiger partial charge in [0.2, 0.25) is 11.8 Å². The van der Waals surface area contributed by atoms with E-state index in [2.05, 4.69) is 6.92 Å². The molecule has 1 aromatic heterocycles. The van der Waals surface area contributed by atoms with Crippen LogP contribution in [-0.2, 0) is 32.7 Å². The molecule has 172 valence electrons. The summed E-state index contributed by atoms with van der Waals surface area (Å²) < 4.78 is 12.6. The van der Waals surface area contributed by atoms with Crippen molar-refractivity contribution in [3.8, 4) is 0 Å². The van der Waals surface area contributed by atoms with E-state index in [0.29, 0.717) is 45.9 Å². The smallest absolute Gasteiger partial charge is 0.242 e. The van der Waals surface area contributed by atoms with Crippen LogP contribution in [0.4, 0.5) is 0 Å². The quantitative estimate of drug-likeness (QED) is 0.361. The molecule has 1 rings (SSSR count). The second kappa shape index (κ2) is 15.9. The number of methoxy groups -OCH3 is 1. The van der Waals surface area contributed by atoms with Gasteiger partial charge in [0.05, 0.1) is 19.7 Å². The van der Waals surface area contributed by atoms with Gasteiger partial charge in [0, 0.05) is 58.8 Å². The second-order valence-corrected chi connectivity index (χ2v) is 7.59. The number of amides is 2. The molecule has 0 aliphatic rings. The zero-order valence-corrected chi connectivity index (χ0v) is 19.4. The number of aryl methyl sites for hydroxylation is 1. The van der Waals surface area contributed by atoms with Gasteiger partial charge in [-0.05, 0) is 31.9 Å². The van der Waals surface area contributed by atoms with Crippen LogP contribution >= 0.6 is 0 Å². The van der Waals surface area contributed by atoms with E-state index in [1.807, 2.05) is 36.9 Å². The van der Waals surface area contributed by atoms with E-state index in [1.54, 1.807) is 16.9 Å². The van der Waals surface area contributed by atoms with Crippen LogP contribution in [0.2, 0.25) is 0 Å². The molecule has 0 saturated heterocycles. The van der Waals surface area contributed by atoms with E-state index in [1.165, 1.54) is 0 Å². The summed E-state index contributed by atoms with van der Waals surface area (Å²) in [5.41, 5.74) is 1.05. The summed E-state index contributed by atoms with van der Waals surface area (Å²) in [6.07, 6.45) is 7.40. The molecule has 1 aromatic rings. The molecule has 0 aliphatic carbocycles. The highest BCUT2D eigenvalue weighted by atomic mass is 16.5. The van der Waals surface area contributed by atoms with E-state index in [4.69, 9.17) is 9.47 Å². The largest absolute Gasteiger partial charge is 0.383 e. The van der Waals surface area contributed by atoms with Crippen LogP contribution in [-0.4, -0.2) is 72.7 Å². The molecule has 0 unspecified atom stereocenters. The van der Waals surface area contributed by atoms with E-state index in [9.17, 15) is 9.59 Å². The SMILES string of the molecule is CCCCCCC(=O)N(CCCOCC)CC(=O)N(CCOC)Cc1cccn1C. The van der Waals surface area contributed by atoms with Crippen molar-refractivity contribution in [3.63, 3.8) is 0 Å². The molecule has 7 heteroatoms. The van der Waals surface area contributed by atoms with Gasteiger partial charge in [0.15, 0.2) is 0 Å². The molecular formula is C23H41N3O4. The minimum atomic E-state index is -0.0495. The third-order valence-electron chi connectivity index (χ3n) is 5.17. The first kappa shape index (κ1) is 26.2. The van der Waals surface area contributed by atoms with Gasteiger partial charge < -0.3 is 23.8 Å². The number of nitrogens with zero attached hydrogens (tertiary/aromatic N) is 3. The average Bonchev–Trinajstić information content (AvgIpc) is 3.14. The number of ether oxygens (including phenoxy) is 2. The third kappa shape index (κ3) is 10.3. The van der Waals surface area contributed by atoms with Gasteiger partial charge in [-0.1, -0.05) is 26.2 Å². The van der Waals surface area contributed by atoms with Crippen LogP contribution in [0.3, 0.4) is 0 Å². The number of hydrogen-bond acceptors (Lipinski definition) is 4. The molecule has 0 fully saturated rings. The van der Waals surface area contributed by atoms with Gasteiger partial charge in [-0.15, -0.1) is 0 Å². The first-order chi connectivity index (χ1) is 14.5. The van der Waals surface area contributed by atoms with Crippen molar-refractivity contribution in [2.24, 2.45) is 7.05 Å². The average molecular weight is 424 g/mol. The minimum Gasteiger partial charge on any atom is -0.383 e. The normalized spacial score (nSPS) is 10.9. The van der Waals surface area contributed by atoms with E-state index in [-0.39, 0.29) is 18.4 Å². The fraction of sp³-hybridized carbons (Fsp3) is 0.739. The Balaban J connectivity index is 2.75. The van der Waals surface area contributed by atoms with E-state index in [0.717, 1.165) is 37.8 Å². The first-order valence-corrected chi connectivity index (χ1v) is 11.3. The fourth-order valence-corrected chi connectivity index (χ4v) is 3.27. The van der Waals surface area contributed by atoms with Crippen molar-refractivity contribution in [1.29, 1.82) is 0 Å². The van der Waals surface area contributed by atoms with Crippen LogP contribution in [0.1, 0.15) is 58.1 Å². The number of carbonyl (C=O) groups is 2. The van der Waals surface area contributed by atoms with Crippen LogP contribution in [0.5, 0.6) is 0 Å². The van der Waals surface area contributed by atoms with Crippen molar-refractivity contribution in [2.45, 2.75) is 58.9 Å². The van der Waals surface area contributed by atoms with Gasteiger partial charge in [-0.25, -0.2) is 0 Å². The second-order valence-electron chi connectivity index (χ2n) is 7.59. The maximum atomic E-state index is 13.1. The van der Waals surface area contributed by atoms with Crippen molar-refractivity contribution in [2.75, 3.05) is 46.6 Å².